The Bertz CT molecular complexity index is 302. The lowest BCUT2D eigenvalue weighted by Crippen LogP contribution is -2.19. The molecule has 1 aromatic carbocycles. The fourth-order valence-corrected chi connectivity index (χ4v) is 2.27. The third-order valence-electron chi connectivity index (χ3n) is 3.47. The standard InChI is InChI=1S/C14H22N2/c1-11(2)14(15)12-5-7-13(8-6-12)16-9-3-4-10-16/h5-8,11,14H,3-4,9-10,15H2,1-2H3. The van der Waals surface area contributed by atoms with E-state index in [1.165, 1.54) is 37.2 Å². The van der Waals surface area contributed by atoms with Gasteiger partial charge in [-0.25, -0.2) is 0 Å². The van der Waals surface area contributed by atoms with Crippen molar-refractivity contribution >= 4 is 5.69 Å². The van der Waals surface area contributed by atoms with Gasteiger partial charge in [0.2, 0.25) is 0 Å². The van der Waals surface area contributed by atoms with Crippen LogP contribution in [0.4, 0.5) is 5.69 Å². The van der Waals surface area contributed by atoms with Gasteiger partial charge in [-0.2, -0.15) is 0 Å². The van der Waals surface area contributed by atoms with Gasteiger partial charge in [0.15, 0.2) is 0 Å². The number of nitrogens with two attached hydrogens (primary N) is 1. The van der Waals surface area contributed by atoms with Crippen LogP contribution in [-0.2, 0) is 0 Å². The molecule has 2 heteroatoms. The van der Waals surface area contributed by atoms with Crippen molar-refractivity contribution in [2.45, 2.75) is 32.7 Å². The number of hydrogen-bond acceptors (Lipinski definition) is 2. The van der Waals surface area contributed by atoms with E-state index < -0.39 is 0 Å². The minimum atomic E-state index is 0.160. The van der Waals surface area contributed by atoms with E-state index in [2.05, 4.69) is 43.0 Å². The summed E-state index contributed by atoms with van der Waals surface area (Å²) in [5, 5.41) is 0. The Kier molecular flexibility index (Phi) is 3.49. The van der Waals surface area contributed by atoms with Gasteiger partial charge < -0.3 is 10.6 Å². The van der Waals surface area contributed by atoms with E-state index >= 15 is 0 Å². The van der Waals surface area contributed by atoms with Gasteiger partial charge in [-0.1, -0.05) is 26.0 Å². The third kappa shape index (κ3) is 2.38. The molecule has 1 aromatic rings. The molecule has 1 aliphatic rings. The summed E-state index contributed by atoms with van der Waals surface area (Å²) in [6.07, 6.45) is 2.65. The van der Waals surface area contributed by atoms with Crippen LogP contribution in [-0.4, -0.2) is 13.1 Å². The molecule has 1 unspecified atom stereocenters. The summed E-state index contributed by atoms with van der Waals surface area (Å²) >= 11 is 0. The molecule has 1 aliphatic heterocycles. The minimum Gasteiger partial charge on any atom is -0.372 e. The second-order valence-electron chi connectivity index (χ2n) is 5.06. The van der Waals surface area contributed by atoms with Gasteiger partial charge in [-0.15, -0.1) is 0 Å². The highest BCUT2D eigenvalue weighted by atomic mass is 15.1. The topological polar surface area (TPSA) is 29.3 Å². The molecular formula is C14H22N2. The molecule has 2 nitrogen and oxygen atoms in total. The van der Waals surface area contributed by atoms with Gasteiger partial charge in [0, 0.05) is 24.8 Å². The van der Waals surface area contributed by atoms with Crippen LogP contribution in [0.3, 0.4) is 0 Å². The Balaban J connectivity index is 2.09. The molecule has 1 heterocycles. The predicted octanol–water partition coefficient (Wildman–Crippen LogP) is 2.94. The molecular weight excluding hydrogens is 196 g/mol. The van der Waals surface area contributed by atoms with Crippen LogP contribution >= 0.6 is 0 Å². The van der Waals surface area contributed by atoms with Crippen molar-refractivity contribution in [3.8, 4) is 0 Å². The van der Waals surface area contributed by atoms with Crippen LogP contribution in [0, 0.1) is 5.92 Å². The Morgan fingerprint density at radius 2 is 1.62 bits per heavy atom. The van der Waals surface area contributed by atoms with E-state index in [1.54, 1.807) is 0 Å². The number of benzene rings is 1. The highest BCUT2D eigenvalue weighted by Gasteiger charge is 2.14. The summed E-state index contributed by atoms with van der Waals surface area (Å²) in [5.41, 5.74) is 8.72. The highest BCUT2D eigenvalue weighted by molar-refractivity contribution is 5.48. The molecule has 2 N–H and O–H groups in total. The second-order valence-corrected chi connectivity index (χ2v) is 5.06. The van der Waals surface area contributed by atoms with Crippen molar-refractivity contribution in [2.75, 3.05) is 18.0 Å². The quantitative estimate of drug-likeness (QED) is 0.845. The van der Waals surface area contributed by atoms with Crippen molar-refractivity contribution in [3.63, 3.8) is 0 Å². The first kappa shape index (κ1) is 11.5. The number of anilines is 1. The summed E-state index contributed by atoms with van der Waals surface area (Å²) in [6.45, 7) is 6.74. The molecule has 0 radical (unpaired) electrons. The van der Waals surface area contributed by atoms with E-state index in [9.17, 15) is 0 Å². The molecule has 0 aromatic heterocycles. The Hall–Kier alpha value is -1.02. The summed E-state index contributed by atoms with van der Waals surface area (Å²) in [6, 6.07) is 8.94. The van der Waals surface area contributed by atoms with E-state index in [-0.39, 0.29) is 6.04 Å². The lowest BCUT2D eigenvalue weighted by molar-refractivity contribution is 0.514. The average molecular weight is 218 g/mol. The van der Waals surface area contributed by atoms with Crippen molar-refractivity contribution in [3.05, 3.63) is 29.8 Å². The SMILES string of the molecule is CC(C)C(N)c1ccc(N2CCCC2)cc1. The van der Waals surface area contributed by atoms with Gasteiger partial charge in [-0.3, -0.25) is 0 Å². The lowest BCUT2D eigenvalue weighted by atomic mass is 9.97. The Morgan fingerprint density at radius 3 is 2.12 bits per heavy atom. The van der Waals surface area contributed by atoms with E-state index in [0.717, 1.165) is 0 Å². The summed E-state index contributed by atoms with van der Waals surface area (Å²) < 4.78 is 0. The zero-order chi connectivity index (χ0) is 11.5. The van der Waals surface area contributed by atoms with Gasteiger partial charge >= 0.3 is 0 Å². The van der Waals surface area contributed by atoms with Crippen molar-refractivity contribution in [2.24, 2.45) is 11.7 Å². The molecule has 2 rings (SSSR count). The van der Waals surface area contributed by atoms with Gasteiger partial charge in [0.1, 0.15) is 0 Å². The average Bonchev–Trinajstić information content (AvgIpc) is 2.81. The smallest absolute Gasteiger partial charge is 0.0366 e. The van der Waals surface area contributed by atoms with Crippen molar-refractivity contribution in [1.29, 1.82) is 0 Å². The van der Waals surface area contributed by atoms with E-state index in [1.807, 2.05) is 0 Å². The normalized spacial score (nSPS) is 18.1. The summed E-state index contributed by atoms with van der Waals surface area (Å²) in [4.78, 5) is 2.45. The first-order chi connectivity index (χ1) is 7.68. The van der Waals surface area contributed by atoms with E-state index in [0.29, 0.717) is 5.92 Å². The predicted molar refractivity (Wildman–Crippen MR) is 69.7 cm³/mol. The zero-order valence-electron chi connectivity index (χ0n) is 10.3. The van der Waals surface area contributed by atoms with Gasteiger partial charge in [-0.05, 0) is 36.5 Å². The van der Waals surface area contributed by atoms with Gasteiger partial charge in [0.05, 0.1) is 0 Å². The fraction of sp³-hybridized carbons (Fsp3) is 0.571. The molecule has 0 aliphatic carbocycles. The third-order valence-corrected chi connectivity index (χ3v) is 3.47. The fourth-order valence-electron chi connectivity index (χ4n) is 2.27. The molecule has 0 amide bonds. The van der Waals surface area contributed by atoms with Crippen molar-refractivity contribution < 1.29 is 0 Å². The Labute approximate surface area is 98.4 Å². The number of nitrogens with zero attached hydrogens (tertiary/aromatic N) is 1. The van der Waals surface area contributed by atoms with E-state index in [4.69, 9.17) is 5.73 Å². The van der Waals surface area contributed by atoms with Crippen LogP contribution in [0.25, 0.3) is 0 Å². The summed E-state index contributed by atoms with van der Waals surface area (Å²) in [5.74, 6) is 0.498. The highest BCUT2D eigenvalue weighted by Crippen LogP contribution is 2.24. The summed E-state index contributed by atoms with van der Waals surface area (Å²) in [7, 11) is 0. The maximum atomic E-state index is 6.13. The first-order valence-corrected chi connectivity index (χ1v) is 6.29. The molecule has 88 valence electrons. The molecule has 16 heavy (non-hydrogen) atoms. The second kappa shape index (κ2) is 4.88. The molecule has 1 atom stereocenters. The molecule has 1 saturated heterocycles. The largest absolute Gasteiger partial charge is 0.372 e. The van der Waals surface area contributed by atoms with Crippen molar-refractivity contribution in [1.82, 2.24) is 0 Å². The van der Waals surface area contributed by atoms with Crippen LogP contribution in [0.2, 0.25) is 0 Å². The van der Waals surface area contributed by atoms with Crippen LogP contribution < -0.4 is 10.6 Å². The van der Waals surface area contributed by atoms with Crippen LogP contribution in [0.15, 0.2) is 24.3 Å². The van der Waals surface area contributed by atoms with Crippen LogP contribution in [0.5, 0.6) is 0 Å². The molecule has 0 bridgehead atoms. The van der Waals surface area contributed by atoms with Gasteiger partial charge in [0.25, 0.3) is 0 Å². The lowest BCUT2D eigenvalue weighted by Gasteiger charge is -2.20. The molecule has 0 spiro atoms. The number of hydrogen-bond donors (Lipinski definition) is 1. The zero-order valence-corrected chi connectivity index (χ0v) is 10.3. The minimum absolute atomic E-state index is 0.160. The monoisotopic (exact) mass is 218 g/mol. The Morgan fingerprint density at radius 1 is 1.06 bits per heavy atom. The molecule has 1 fully saturated rings. The maximum absolute atomic E-state index is 6.13. The van der Waals surface area contributed by atoms with Crippen LogP contribution in [0.1, 0.15) is 38.3 Å². The first-order valence-electron chi connectivity index (χ1n) is 6.29. The molecule has 0 saturated carbocycles. The maximum Gasteiger partial charge on any atom is 0.0366 e. The number of rotatable bonds is 3.